The Labute approximate surface area is 163 Å². The largest absolute Gasteiger partial charge is 0.396 e. The molecule has 1 aliphatic rings. The molecule has 0 aliphatic carbocycles. The normalized spacial score (nSPS) is 18.8. The first-order valence-corrected chi connectivity index (χ1v) is 10.3. The van der Waals surface area contributed by atoms with E-state index in [1.807, 2.05) is 18.3 Å². The van der Waals surface area contributed by atoms with Gasteiger partial charge in [0.1, 0.15) is 0 Å². The van der Waals surface area contributed by atoms with Crippen molar-refractivity contribution in [3.05, 3.63) is 64.9 Å². The second kappa shape index (κ2) is 8.75. The van der Waals surface area contributed by atoms with Crippen LogP contribution in [0.15, 0.2) is 53.6 Å². The van der Waals surface area contributed by atoms with Gasteiger partial charge in [0, 0.05) is 69.7 Å². The number of hydrogen-bond donors (Lipinski definition) is 1. The highest BCUT2D eigenvalue weighted by molar-refractivity contribution is 7.07. The Kier molecular flexibility index (Phi) is 5.94. The van der Waals surface area contributed by atoms with Gasteiger partial charge in [-0.25, -0.2) is 9.97 Å². The van der Waals surface area contributed by atoms with Crippen LogP contribution in [0.3, 0.4) is 0 Å². The summed E-state index contributed by atoms with van der Waals surface area (Å²) in [5.41, 5.74) is 2.56. The second-order valence-corrected chi connectivity index (χ2v) is 7.70. The monoisotopic (exact) mass is 383 g/mol. The Bertz CT molecular complexity index is 820. The van der Waals surface area contributed by atoms with Crippen LogP contribution in [0, 0.1) is 0 Å². The lowest BCUT2D eigenvalue weighted by molar-refractivity contribution is 0.0492. The maximum Gasteiger partial charge on any atom is 0.233 e. The van der Waals surface area contributed by atoms with Gasteiger partial charge in [-0.05, 0) is 47.0 Å². The van der Waals surface area contributed by atoms with Crippen molar-refractivity contribution in [2.45, 2.75) is 25.6 Å². The van der Waals surface area contributed by atoms with Gasteiger partial charge in [-0.3, -0.25) is 14.4 Å². The number of piperazine rings is 1. The van der Waals surface area contributed by atoms with Crippen LogP contribution in [0.5, 0.6) is 0 Å². The minimum absolute atomic E-state index is 0.229. The summed E-state index contributed by atoms with van der Waals surface area (Å²) < 4.78 is 2.05. The Morgan fingerprint density at radius 3 is 2.78 bits per heavy atom. The van der Waals surface area contributed by atoms with Gasteiger partial charge in [-0.2, -0.15) is 11.3 Å². The summed E-state index contributed by atoms with van der Waals surface area (Å²) >= 11 is 1.74. The van der Waals surface area contributed by atoms with Crippen LogP contribution >= 0.6 is 11.3 Å². The fourth-order valence-electron chi connectivity index (χ4n) is 3.73. The fourth-order valence-corrected chi connectivity index (χ4v) is 4.39. The third-order valence-electron chi connectivity index (χ3n) is 5.10. The topological polar surface area (TPSA) is 57.4 Å². The molecule has 0 spiro atoms. The van der Waals surface area contributed by atoms with Gasteiger partial charge < -0.3 is 5.11 Å². The predicted octanol–water partition coefficient (Wildman–Crippen LogP) is 2.40. The molecule has 1 aliphatic heterocycles. The van der Waals surface area contributed by atoms with E-state index < -0.39 is 0 Å². The van der Waals surface area contributed by atoms with Crippen molar-refractivity contribution in [2.75, 3.05) is 26.2 Å². The maximum atomic E-state index is 9.53. The quantitative estimate of drug-likeness (QED) is 0.679. The van der Waals surface area contributed by atoms with Crippen molar-refractivity contribution in [1.29, 1.82) is 0 Å². The number of aliphatic hydroxyl groups excluding tert-OH is 1. The molecule has 0 amide bonds. The number of nitrogens with zero attached hydrogens (tertiary/aromatic N) is 5. The Hall–Kier alpha value is -2.06. The molecule has 6 nitrogen and oxygen atoms in total. The third-order valence-corrected chi connectivity index (χ3v) is 5.84. The van der Waals surface area contributed by atoms with Crippen LogP contribution in [0.2, 0.25) is 0 Å². The molecule has 0 saturated carbocycles. The molecule has 4 rings (SSSR count). The Morgan fingerprint density at radius 2 is 2.00 bits per heavy atom. The van der Waals surface area contributed by atoms with Gasteiger partial charge >= 0.3 is 0 Å². The first-order valence-electron chi connectivity index (χ1n) is 9.35. The number of hydrogen-bond acceptors (Lipinski definition) is 6. The lowest BCUT2D eigenvalue weighted by Gasteiger charge is -2.41. The molecule has 4 heterocycles. The zero-order chi connectivity index (χ0) is 18.5. The van der Waals surface area contributed by atoms with Gasteiger partial charge in [-0.1, -0.05) is 0 Å². The maximum absolute atomic E-state index is 9.53. The molecule has 1 fully saturated rings. The van der Waals surface area contributed by atoms with E-state index in [1.54, 1.807) is 23.7 Å². The summed E-state index contributed by atoms with van der Waals surface area (Å²) in [5.74, 6) is 0.709. The van der Waals surface area contributed by atoms with Crippen LogP contribution in [-0.2, 0) is 13.1 Å². The summed E-state index contributed by atoms with van der Waals surface area (Å²) in [5, 5.41) is 13.9. The van der Waals surface area contributed by atoms with Gasteiger partial charge in [0.2, 0.25) is 5.95 Å². The van der Waals surface area contributed by atoms with Gasteiger partial charge in [-0.15, -0.1) is 0 Å². The lowest BCUT2D eigenvalue weighted by atomic mass is 10.1. The summed E-state index contributed by atoms with van der Waals surface area (Å²) in [4.78, 5) is 13.7. The lowest BCUT2D eigenvalue weighted by Crippen LogP contribution is -2.52. The molecule has 0 unspecified atom stereocenters. The summed E-state index contributed by atoms with van der Waals surface area (Å²) in [6.45, 7) is 5.06. The van der Waals surface area contributed by atoms with Crippen molar-refractivity contribution >= 4 is 11.3 Å². The van der Waals surface area contributed by atoms with Crippen molar-refractivity contribution in [3.63, 3.8) is 0 Å². The van der Waals surface area contributed by atoms with E-state index in [4.69, 9.17) is 0 Å². The number of aromatic nitrogens is 3. The van der Waals surface area contributed by atoms with Crippen LogP contribution in [0.1, 0.15) is 17.7 Å². The molecule has 0 radical (unpaired) electrons. The van der Waals surface area contributed by atoms with E-state index in [0.717, 1.165) is 39.1 Å². The zero-order valence-electron chi connectivity index (χ0n) is 15.3. The van der Waals surface area contributed by atoms with Crippen LogP contribution in [0.4, 0.5) is 0 Å². The molecule has 1 atom stereocenters. The van der Waals surface area contributed by atoms with E-state index in [0.29, 0.717) is 12.0 Å². The van der Waals surface area contributed by atoms with Crippen molar-refractivity contribution < 1.29 is 5.11 Å². The molecule has 3 aromatic heterocycles. The van der Waals surface area contributed by atoms with Crippen LogP contribution in [0.25, 0.3) is 5.95 Å². The molecule has 1 saturated heterocycles. The van der Waals surface area contributed by atoms with Crippen LogP contribution in [-0.4, -0.2) is 61.7 Å². The molecule has 0 aromatic carbocycles. The SMILES string of the molecule is OCC[C@H]1CN(Cc2cccn2-c2ncccn2)CCN1Cc1ccsc1. The van der Waals surface area contributed by atoms with E-state index in [-0.39, 0.29) is 6.61 Å². The smallest absolute Gasteiger partial charge is 0.233 e. The third kappa shape index (κ3) is 4.44. The van der Waals surface area contributed by atoms with E-state index in [2.05, 4.69) is 47.2 Å². The van der Waals surface area contributed by atoms with Gasteiger partial charge in [0.15, 0.2) is 0 Å². The van der Waals surface area contributed by atoms with Crippen molar-refractivity contribution in [1.82, 2.24) is 24.3 Å². The standard InChI is InChI=1S/C20H25N5OS/c26-11-4-18-14-23(9-10-24(18)13-17-5-12-27-16-17)15-19-3-1-8-25(19)20-21-6-2-7-22-20/h1-3,5-8,12,16,18,26H,4,9-11,13-15H2/t18-/m0/s1. The number of aliphatic hydroxyl groups is 1. The molecule has 3 aromatic rings. The minimum atomic E-state index is 0.229. The molecule has 142 valence electrons. The molecule has 0 bridgehead atoms. The van der Waals surface area contributed by atoms with Crippen molar-refractivity contribution in [3.8, 4) is 5.95 Å². The summed E-state index contributed by atoms with van der Waals surface area (Å²) in [6.07, 6.45) is 6.37. The second-order valence-electron chi connectivity index (χ2n) is 6.92. The Balaban J connectivity index is 1.43. The van der Waals surface area contributed by atoms with Crippen LogP contribution < -0.4 is 0 Å². The number of thiophene rings is 1. The van der Waals surface area contributed by atoms with Gasteiger partial charge in [0.05, 0.1) is 0 Å². The highest BCUT2D eigenvalue weighted by Crippen LogP contribution is 2.20. The molecular formula is C20H25N5OS. The van der Waals surface area contributed by atoms with Gasteiger partial charge in [0.25, 0.3) is 0 Å². The molecule has 27 heavy (non-hydrogen) atoms. The summed E-state index contributed by atoms with van der Waals surface area (Å²) in [6, 6.07) is 8.58. The molecular weight excluding hydrogens is 358 g/mol. The fraction of sp³-hybridized carbons (Fsp3) is 0.400. The average molecular weight is 384 g/mol. The highest BCUT2D eigenvalue weighted by atomic mass is 32.1. The predicted molar refractivity (Wildman–Crippen MR) is 107 cm³/mol. The summed E-state index contributed by atoms with van der Waals surface area (Å²) in [7, 11) is 0. The highest BCUT2D eigenvalue weighted by Gasteiger charge is 2.27. The average Bonchev–Trinajstić information content (AvgIpc) is 3.37. The first kappa shape index (κ1) is 18.3. The molecule has 7 heteroatoms. The van der Waals surface area contributed by atoms with E-state index in [9.17, 15) is 5.11 Å². The minimum Gasteiger partial charge on any atom is -0.396 e. The van der Waals surface area contributed by atoms with Crippen molar-refractivity contribution in [2.24, 2.45) is 0 Å². The Morgan fingerprint density at radius 1 is 1.11 bits per heavy atom. The zero-order valence-corrected chi connectivity index (χ0v) is 16.1. The van der Waals surface area contributed by atoms with E-state index >= 15 is 0 Å². The number of rotatable bonds is 7. The van der Waals surface area contributed by atoms with E-state index in [1.165, 1.54) is 11.3 Å². The molecule has 1 N–H and O–H groups in total. The first-order chi connectivity index (χ1) is 13.3.